The highest BCUT2D eigenvalue weighted by Gasteiger charge is 2.48. The number of aliphatic carboxylic acids is 1. The zero-order valence-electron chi connectivity index (χ0n) is 7.87. The topological polar surface area (TPSA) is 43.8 Å². The molecule has 92 valence electrons. The highest BCUT2D eigenvalue weighted by atomic mass is 35.5. The molecule has 0 saturated carbocycles. The molecule has 16 heavy (non-hydrogen) atoms. The van der Waals surface area contributed by atoms with Gasteiger partial charge < -0.3 is 5.11 Å². The molecule has 0 radical (unpaired) electrons. The second-order valence-electron chi connectivity index (χ2n) is 2.97. The van der Waals surface area contributed by atoms with Crippen molar-refractivity contribution in [3.8, 4) is 0 Å². The van der Waals surface area contributed by atoms with E-state index in [1.165, 1.54) is 0 Å². The van der Waals surface area contributed by atoms with E-state index in [4.69, 9.17) is 16.7 Å². The first-order valence-electron chi connectivity index (χ1n) is 4.00. The second-order valence-corrected chi connectivity index (χ2v) is 3.33. The third-order valence-electron chi connectivity index (χ3n) is 2.10. The van der Waals surface area contributed by atoms with Crippen LogP contribution in [0.25, 0.3) is 0 Å². The third-order valence-corrected chi connectivity index (χ3v) is 2.55. The number of carbonyl (C=O) groups is 1. The molecule has 0 spiro atoms. The van der Waals surface area contributed by atoms with Crippen LogP contribution in [0.4, 0.5) is 17.6 Å². The van der Waals surface area contributed by atoms with Crippen molar-refractivity contribution in [3.63, 3.8) is 0 Å². The van der Waals surface area contributed by atoms with E-state index in [0.29, 0.717) is 5.01 Å². The Kier molecular flexibility index (Phi) is 3.64. The standard InChI is InChI=1S/C7H7ClF4N2O2/c1-13-4(8)2(6(15)16)3(5(9)10)14(13)7(11)12/h3,5,7H,1H3,(H,15,16). The number of hydrazine groups is 1. The van der Waals surface area contributed by atoms with Gasteiger partial charge in [-0.05, 0) is 0 Å². The Hall–Kier alpha value is -1.02. The number of carboxylic acid groups (broad SMARTS) is 1. The van der Waals surface area contributed by atoms with Gasteiger partial charge in [-0.15, -0.1) is 5.01 Å². The predicted molar refractivity (Wildman–Crippen MR) is 45.9 cm³/mol. The molecule has 0 amide bonds. The smallest absolute Gasteiger partial charge is 0.336 e. The minimum Gasteiger partial charge on any atom is -0.478 e. The van der Waals surface area contributed by atoms with Crippen LogP contribution >= 0.6 is 11.6 Å². The lowest BCUT2D eigenvalue weighted by molar-refractivity contribution is -0.162. The van der Waals surface area contributed by atoms with Crippen molar-refractivity contribution < 1.29 is 27.5 Å². The van der Waals surface area contributed by atoms with E-state index >= 15 is 0 Å². The Balaban J connectivity index is 3.19. The molecule has 0 saturated heterocycles. The lowest BCUT2D eigenvalue weighted by Crippen LogP contribution is -2.47. The molecule has 1 aliphatic rings. The maximum atomic E-state index is 12.5. The highest BCUT2D eigenvalue weighted by molar-refractivity contribution is 6.31. The molecule has 0 aromatic rings. The molecule has 1 unspecified atom stereocenters. The average Bonchev–Trinajstić information content (AvgIpc) is 2.39. The Morgan fingerprint density at radius 1 is 1.44 bits per heavy atom. The molecule has 4 nitrogen and oxygen atoms in total. The van der Waals surface area contributed by atoms with Crippen molar-refractivity contribution in [2.45, 2.75) is 19.0 Å². The van der Waals surface area contributed by atoms with Crippen molar-refractivity contribution in [1.29, 1.82) is 0 Å². The van der Waals surface area contributed by atoms with Crippen LogP contribution in [-0.4, -0.2) is 47.2 Å². The third kappa shape index (κ3) is 1.94. The Morgan fingerprint density at radius 2 is 1.94 bits per heavy atom. The summed E-state index contributed by atoms with van der Waals surface area (Å²) in [7, 11) is 0.986. The molecular weight excluding hydrogens is 256 g/mol. The molecule has 0 bridgehead atoms. The van der Waals surface area contributed by atoms with Crippen LogP contribution in [0.15, 0.2) is 10.7 Å². The average molecular weight is 263 g/mol. The molecule has 1 atom stereocenters. The number of rotatable bonds is 3. The lowest BCUT2D eigenvalue weighted by Gasteiger charge is -2.29. The van der Waals surface area contributed by atoms with Gasteiger partial charge >= 0.3 is 12.5 Å². The molecule has 1 rings (SSSR count). The summed E-state index contributed by atoms with van der Waals surface area (Å²) < 4.78 is 50.1. The number of hydrogen-bond acceptors (Lipinski definition) is 3. The van der Waals surface area contributed by atoms with E-state index in [1.54, 1.807) is 0 Å². The number of alkyl halides is 4. The van der Waals surface area contributed by atoms with Crippen molar-refractivity contribution in [3.05, 3.63) is 10.7 Å². The predicted octanol–water partition coefficient (Wildman–Crippen LogP) is 1.54. The van der Waals surface area contributed by atoms with Crippen LogP contribution in [-0.2, 0) is 4.79 Å². The van der Waals surface area contributed by atoms with Gasteiger partial charge in [0.25, 0.3) is 6.43 Å². The molecule has 9 heteroatoms. The van der Waals surface area contributed by atoms with Gasteiger partial charge in [0.2, 0.25) is 0 Å². The summed E-state index contributed by atoms with van der Waals surface area (Å²) in [5.74, 6) is -1.75. The van der Waals surface area contributed by atoms with Gasteiger partial charge in [-0.1, -0.05) is 11.6 Å². The maximum absolute atomic E-state index is 12.5. The van der Waals surface area contributed by atoms with Crippen molar-refractivity contribution in [1.82, 2.24) is 10.0 Å². The zero-order valence-corrected chi connectivity index (χ0v) is 8.63. The van der Waals surface area contributed by atoms with Gasteiger partial charge in [-0.25, -0.2) is 13.6 Å². The minimum atomic E-state index is -3.28. The Bertz CT molecular complexity index is 336. The van der Waals surface area contributed by atoms with E-state index in [1.807, 2.05) is 0 Å². The Labute approximate surface area is 92.6 Å². The van der Waals surface area contributed by atoms with Crippen molar-refractivity contribution >= 4 is 17.6 Å². The van der Waals surface area contributed by atoms with E-state index in [2.05, 4.69) is 0 Å². The fraction of sp³-hybridized carbons (Fsp3) is 0.571. The number of carboxylic acids is 1. The SMILES string of the molecule is CN1C(Cl)=C(C(=O)O)C(C(F)F)N1C(F)F. The maximum Gasteiger partial charge on any atom is 0.336 e. The fourth-order valence-corrected chi connectivity index (χ4v) is 1.71. The van der Waals surface area contributed by atoms with Crippen molar-refractivity contribution in [2.75, 3.05) is 7.05 Å². The summed E-state index contributed by atoms with van der Waals surface area (Å²) in [4.78, 5) is 10.7. The summed E-state index contributed by atoms with van der Waals surface area (Å²) in [6, 6.07) is -2.24. The molecule has 0 aromatic heterocycles. The van der Waals surface area contributed by atoms with Crippen LogP contribution in [0.1, 0.15) is 0 Å². The van der Waals surface area contributed by atoms with E-state index in [-0.39, 0.29) is 5.01 Å². The molecule has 1 N–H and O–H groups in total. The van der Waals surface area contributed by atoms with E-state index < -0.39 is 35.7 Å². The summed E-state index contributed by atoms with van der Waals surface area (Å²) in [5, 5.41) is 8.44. The molecule has 0 aromatic carbocycles. The van der Waals surface area contributed by atoms with Gasteiger partial charge in [0.15, 0.2) is 0 Å². The number of halogens is 5. The highest BCUT2D eigenvalue weighted by Crippen LogP contribution is 2.36. The fourth-order valence-electron chi connectivity index (χ4n) is 1.43. The van der Waals surface area contributed by atoms with Crippen LogP contribution in [0.3, 0.4) is 0 Å². The molecule has 0 aliphatic carbocycles. The summed E-state index contributed by atoms with van der Waals surface area (Å²) in [5.41, 5.74) is -0.931. The van der Waals surface area contributed by atoms with E-state index in [9.17, 15) is 22.4 Å². The summed E-state index contributed by atoms with van der Waals surface area (Å²) in [6.07, 6.45) is -3.28. The second kappa shape index (κ2) is 4.46. The molecule has 1 heterocycles. The molecule has 0 fully saturated rings. The van der Waals surface area contributed by atoms with Gasteiger partial charge in [-0.2, -0.15) is 8.78 Å². The monoisotopic (exact) mass is 262 g/mol. The summed E-state index contributed by atoms with van der Waals surface area (Å²) >= 11 is 5.42. The number of nitrogens with zero attached hydrogens (tertiary/aromatic N) is 2. The van der Waals surface area contributed by atoms with E-state index in [0.717, 1.165) is 7.05 Å². The van der Waals surface area contributed by atoms with Gasteiger partial charge in [0, 0.05) is 7.05 Å². The van der Waals surface area contributed by atoms with Gasteiger partial charge in [-0.3, -0.25) is 5.01 Å². The van der Waals surface area contributed by atoms with Crippen molar-refractivity contribution in [2.24, 2.45) is 0 Å². The first-order valence-corrected chi connectivity index (χ1v) is 4.38. The lowest BCUT2D eigenvalue weighted by atomic mass is 10.1. The normalized spacial score (nSPS) is 22.8. The number of hydrogen-bond donors (Lipinski definition) is 1. The zero-order chi connectivity index (χ0) is 12.6. The van der Waals surface area contributed by atoms with Crippen LogP contribution in [0, 0.1) is 0 Å². The van der Waals surface area contributed by atoms with Crippen LogP contribution in [0.5, 0.6) is 0 Å². The first-order chi connectivity index (χ1) is 7.29. The van der Waals surface area contributed by atoms with Crippen LogP contribution < -0.4 is 0 Å². The Morgan fingerprint density at radius 3 is 2.25 bits per heavy atom. The van der Waals surface area contributed by atoms with Gasteiger partial charge in [0.1, 0.15) is 11.2 Å². The van der Waals surface area contributed by atoms with Gasteiger partial charge in [0.05, 0.1) is 5.57 Å². The largest absolute Gasteiger partial charge is 0.478 e. The summed E-state index contributed by atoms with van der Waals surface area (Å²) in [6.45, 7) is -3.27. The quantitative estimate of drug-likeness (QED) is 0.619. The minimum absolute atomic E-state index is 0.0730. The molecular formula is C7H7ClF4N2O2. The molecule has 1 aliphatic heterocycles. The van der Waals surface area contributed by atoms with Crippen LogP contribution in [0.2, 0.25) is 0 Å². The first kappa shape index (κ1) is 13.0.